The molecule has 0 aliphatic heterocycles. The molecule has 43 heavy (non-hydrogen) atoms. The number of alkyl halides is 3. The van der Waals surface area contributed by atoms with E-state index in [-0.39, 0.29) is 10.6 Å². The summed E-state index contributed by atoms with van der Waals surface area (Å²) < 4.78 is 43.5. The van der Waals surface area contributed by atoms with E-state index in [1.54, 1.807) is 42.5 Å². The molecule has 1 amide bonds. The lowest BCUT2D eigenvalue weighted by atomic mass is 9.74. The zero-order valence-electron chi connectivity index (χ0n) is 22.9. The Balaban J connectivity index is 1.36. The van der Waals surface area contributed by atoms with Gasteiger partial charge in [0.25, 0.3) is 5.91 Å². The van der Waals surface area contributed by atoms with Gasteiger partial charge < -0.3 is 15.7 Å². The van der Waals surface area contributed by atoms with Crippen molar-refractivity contribution in [2.24, 2.45) is 5.41 Å². The van der Waals surface area contributed by atoms with Gasteiger partial charge in [0.05, 0.1) is 11.0 Å². The molecule has 0 aromatic heterocycles. The Morgan fingerprint density at radius 3 is 2.37 bits per heavy atom. The molecular weight excluding hydrogens is 577 g/mol. The van der Waals surface area contributed by atoms with Crippen molar-refractivity contribution in [1.82, 2.24) is 5.32 Å². The molecule has 0 spiro atoms. The lowest BCUT2D eigenvalue weighted by Gasteiger charge is -2.36. The molecular formula is C34H28ClF3N2O3. The highest BCUT2D eigenvalue weighted by Crippen LogP contribution is 2.49. The first-order chi connectivity index (χ1) is 20.6. The number of carboxylic acids is 1. The zero-order chi connectivity index (χ0) is 30.6. The first-order valence-corrected chi connectivity index (χ1v) is 14.0. The van der Waals surface area contributed by atoms with E-state index < -0.39 is 42.4 Å². The van der Waals surface area contributed by atoms with Crippen LogP contribution in [0, 0.1) is 5.41 Å². The number of hydrogen-bond donors (Lipinski definition) is 3. The van der Waals surface area contributed by atoms with Crippen LogP contribution in [0.15, 0.2) is 109 Å². The predicted molar refractivity (Wildman–Crippen MR) is 163 cm³/mol. The van der Waals surface area contributed by atoms with E-state index in [1.165, 1.54) is 18.2 Å². The molecule has 0 saturated heterocycles. The number of carbonyl (C=O) groups excluding carboxylic acids is 1. The summed E-state index contributed by atoms with van der Waals surface area (Å²) in [5, 5.41) is 17.7. The fourth-order valence-electron chi connectivity index (χ4n) is 5.30. The fourth-order valence-corrected chi connectivity index (χ4v) is 5.47. The number of hydrogen-bond acceptors (Lipinski definition) is 3. The number of carboxylic acid groups (broad SMARTS) is 1. The highest BCUT2D eigenvalue weighted by molar-refractivity contribution is 6.31. The molecule has 3 N–H and O–H groups in total. The van der Waals surface area contributed by atoms with Crippen molar-refractivity contribution < 1.29 is 27.9 Å². The minimum absolute atomic E-state index is 0.0190. The summed E-state index contributed by atoms with van der Waals surface area (Å²) in [6, 6.07) is 25.3. The Labute approximate surface area is 251 Å². The first kappa shape index (κ1) is 29.9. The second-order valence-electron chi connectivity index (χ2n) is 10.5. The molecule has 0 fully saturated rings. The van der Waals surface area contributed by atoms with Crippen LogP contribution < -0.4 is 10.6 Å². The predicted octanol–water partition coefficient (Wildman–Crippen LogP) is 8.27. The SMILES string of the molecule is O=C(NC(CC1(C(F)(F)F)C=CC(c2ccccc2)=CC1)C(=O)O)c1cc(Cl)ccc1NCc1cccc2ccccc12. The van der Waals surface area contributed by atoms with Crippen molar-refractivity contribution >= 4 is 45.5 Å². The zero-order valence-corrected chi connectivity index (χ0v) is 23.6. The summed E-state index contributed by atoms with van der Waals surface area (Å²) in [5.41, 5.74) is 0.218. The molecule has 1 aliphatic rings. The van der Waals surface area contributed by atoms with Gasteiger partial charge in [0.15, 0.2) is 0 Å². The Kier molecular flexibility index (Phi) is 8.59. The number of carbonyl (C=O) groups is 2. The molecule has 0 radical (unpaired) electrons. The number of rotatable bonds is 9. The van der Waals surface area contributed by atoms with Crippen LogP contribution in [-0.4, -0.2) is 29.2 Å². The molecule has 2 unspecified atom stereocenters. The summed E-state index contributed by atoms with van der Waals surface area (Å²) in [5.74, 6) is -2.43. The number of aliphatic carboxylic acids is 1. The molecule has 1 aliphatic carbocycles. The molecule has 0 heterocycles. The van der Waals surface area contributed by atoms with Gasteiger partial charge >= 0.3 is 12.1 Å². The van der Waals surface area contributed by atoms with Gasteiger partial charge in [-0.2, -0.15) is 13.2 Å². The molecule has 5 rings (SSSR count). The number of benzene rings is 4. The van der Waals surface area contributed by atoms with E-state index in [0.29, 0.717) is 17.8 Å². The summed E-state index contributed by atoms with van der Waals surface area (Å²) in [6.45, 7) is 0.337. The lowest BCUT2D eigenvalue weighted by molar-refractivity contribution is -0.209. The van der Waals surface area contributed by atoms with Crippen LogP contribution in [0.4, 0.5) is 18.9 Å². The van der Waals surface area contributed by atoms with Gasteiger partial charge in [-0.25, -0.2) is 4.79 Å². The Hall–Kier alpha value is -4.56. The molecule has 2 atom stereocenters. The summed E-state index contributed by atoms with van der Waals surface area (Å²) in [7, 11) is 0. The van der Waals surface area contributed by atoms with Crippen molar-refractivity contribution in [3.63, 3.8) is 0 Å². The van der Waals surface area contributed by atoms with Gasteiger partial charge in [-0.05, 0) is 58.5 Å². The third kappa shape index (κ3) is 6.60. The van der Waals surface area contributed by atoms with Gasteiger partial charge in [-0.3, -0.25) is 4.79 Å². The van der Waals surface area contributed by atoms with Gasteiger partial charge in [-0.15, -0.1) is 0 Å². The topological polar surface area (TPSA) is 78.4 Å². The second-order valence-corrected chi connectivity index (χ2v) is 10.9. The van der Waals surface area contributed by atoms with Crippen molar-refractivity contribution in [3.05, 3.63) is 131 Å². The number of halogens is 4. The number of allylic oxidation sites excluding steroid dienone is 4. The van der Waals surface area contributed by atoms with Gasteiger partial charge in [0, 0.05) is 17.3 Å². The lowest BCUT2D eigenvalue weighted by Crippen LogP contribution is -2.48. The smallest absolute Gasteiger partial charge is 0.398 e. The average Bonchev–Trinajstić information content (AvgIpc) is 3.00. The largest absolute Gasteiger partial charge is 0.480 e. The summed E-state index contributed by atoms with van der Waals surface area (Å²) in [6.07, 6.45) is -2.29. The molecule has 4 aromatic carbocycles. The van der Waals surface area contributed by atoms with Gasteiger partial charge in [0.2, 0.25) is 0 Å². The van der Waals surface area contributed by atoms with Crippen LogP contribution in [0.3, 0.4) is 0 Å². The maximum atomic E-state index is 14.5. The maximum Gasteiger partial charge on any atom is 0.398 e. The Morgan fingerprint density at radius 1 is 0.953 bits per heavy atom. The summed E-state index contributed by atoms with van der Waals surface area (Å²) in [4.78, 5) is 25.6. The standard InChI is InChI=1S/C34H28ClF3N2O3/c35-26-13-14-29(39-21-25-11-6-10-24-9-4-5-12-27(24)25)28(19-26)31(41)40-30(32(42)43)20-33(34(36,37)38)17-15-23(16-18-33)22-7-2-1-3-8-22/h1-17,19,30,39H,18,20-21H2,(H,40,41)(H,42,43). The highest BCUT2D eigenvalue weighted by atomic mass is 35.5. The van der Waals surface area contributed by atoms with Crippen molar-refractivity contribution in [1.29, 1.82) is 0 Å². The van der Waals surface area contributed by atoms with Gasteiger partial charge in [0.1, 0.15) is 6.04 Å². The third-order valence-electron chi connectivity index (χ3n) is 7.69. The van der Waals surface area contributed by atoms with Crippen LogP contribution in [0.25, 0.3) is 16.3 Å². The Morgan fingerprint density at radius 2 is 1.67 bits per heavy atom. The number of nitrogens with one attached hydrogen (secondary N) is 2. The van der Waals surface area contributed by atoms with E-state index in [1.807, 2.05) is 42.5 Å². The fraction of sp³-hybridized carbons (Fsp3) is 0.176. The third-order valence-corrected chi connectivity index (χ3v) is 7.92. The van der Waals surface area contributed by atoms with Crippen LogP contribution in [0.2, 0.25) is 5.02 Å². The highest BCUT2D eigenvalue weighted by Gasteiger charge is 2.54. The first-order valence-electron chi connectivity index (χ1n) is 13.6. The van der Waals surface area contributed by atoms with Crippen molar-refractivity contribution in [2.75, 3.05) is 5.32 Å². The second kappa shape index (κ2) is 12.4. The minimum atomic E-state index is -4.76. The number of amides is 1. The van der Waals surface area contributed by atoms with E-state index in [4.69, 9.17) is 11.6 Å². The maximum absolute atomic E-state index is 14.5. The molecule has 0 saturated carbocycles. The number of anilines is 1. The Bertz CT molecular complexity index is 1710. The van der Waals surface area contributed by atoms with Crippen molar-refractivity contribution in [2.45, 2.75) is 31.6 Å². The normalized spacial score (nSPS) is 17.3. The summed E-state index contributed by atoms with van der Waals surface area (Å²) >= 11 is 6.17. The molecule has 4 aromatic rings. The quantitative estimate of drug-likeness (QED) is 0.180. The molecule has 5 nitrogen and oxygen atoms in total. The molecule has 220 valence electrons. The van der Waals surface area contributed by atoms with Gasteiger partial charge in [-0.1, -0.05) is 103 Å². The van der Waals surface area contributed by atoms with Crippen LogP contribution in [0.1, 0.15) is 34.3 Å². The van der Waals surface area contributed by atoms with Crippen molar-refractivity contribution in [3.8, 4) is 0 Å². The molecule has 9 heteroatoms. The van der Waals surface area contributed by atoms with E-state index in [2.05, 4.69) is 10.6 Å². The monoisotopic (exact) mass is 604 g/mol. The average molecular weight is 605 g/mol. The van der Waals surface area contributed by atoms with E-state index in [9.17, 15) is 27.9 Å². The number of fused-ring (bicyclic) bond motifs is 1. The van der Waals surface area contributed by atoms with Crippen LogP contribution >= 0.6 is 11.6 Å². The molecule has 0 bridgehead atoms. The van der Waals surface area contributed by atoms with E-state index >= 15 is 0 Å². The van der Waals surface area contributed by atoms with Crippen LogP contribution in [0.5, 0.6) is 0 Å². The van der Waals surface area contributed by atoms with E-state index in [0.717, 1.165) is 28.0 Å². The van der Waals surface area contributed by atoms with Crippen LogP contribution in [-0.2, 0) is 11.3 Å². The minimum Gasteiger partial charge on any atom is -0.480 e.